The highest BCUT2D eigenvalue weighted by atomic mass is 35.5. The SMILES string of the molecule is Nc1cc(-n2cc(C(=O)O)c(=O)c3cc(F)c(N4CC(n5cccn5)C4)c(Cl)c32)c(CO)cc1F. The number of nitrogens with zero attached hydrogens (tertiary/aromatic N) is 4. The van der Waals surface area contributed by atoms with Gasteiger partial charge < -0.3 is 25.4 Å². The molecule has 4 N–H and O–H groups in total. The maximum Gasteiger partial charge on any atom is 0.341 e. The Labute approximate surface area is 201 Å². The van der Waals surface area contributed by atoms with Crippen molar-refractivity contribution in [3.63, 3.8) is 0 Å². The predicted molar refractivity (Wildman–Crippen MR) is 125 cm³/mol. The molecule has 0 saturated carbocycles. The van der Waals surface area contributed by atoms with Gasteiger partial charge in [0, 0.05) is 37.2 Å². The zero-order chi connectivity index (χ0) is 25.0. The van der Waals surface area contributed by atoms with Crippen molar-refractivity contribution in [1.82, 2.24) is 14.3 Å². The zero-order valence-corrected chi connectivity index (χ0v) is 18.7. The minimum atomic E-state index is -1.54. The summed E-state index contributed by atoms with van der Waals surface area (Å²) in [4.78, 5) is 26.4. The molecule has 3 heterocycles. The van der Waals surface area contributed by atoms with Crippen molar-refractivity contribution in [2.24, 2.45) is 0 Å². The summed E-state index contributed by atoms with van der Waals surface area (Å²) in [5.74, 6) is -3.13. The van der Waals surface area contributed by atoms with Crippen LogP contribution >= 0.6 is 11.6 Å². The van der Waals surface area contributed by atoms with Gasteiger partial charge in [-0.15, -0.1) is 0 Å². The number of anilines is 2. The topological polar surface area (TPSA) is 127 Å². The third-order valence-electron chi connectivity index (χ3n) is 6.09. The largest absolute Gasteiger partial charge is 0.477 e. The molecule has 0 spiro atoms. The third kappa shape index (κ3) is 3.60. The summed E-state index contributed by atoms with van der Waals surface area (Å²) < 4.78 is 32.3. The summed E-state index contributed by atoms with van der Waals surface area (Å²) >= 11 is 6.67. The Morgan fingerprint density at radius 1 is 1.23 bits per heavy atom. The lowest BCUT2D eigenvalue weighted by Crippen LogP contribution is -2.48. The number of nitrogens with two attached hydrogens (primary N) is 1. The highest BCUT2D eigenvalue weighted by Gasteiger charge is 2.33. The van der Waals surface area contributed by atoms with Gasteiger partial charge in [0.25, 0.3) is 0 Å². The van der Waals surface area contributed by atoms with Gasteiger partial charge in [-0.2, -0.15) is 5.10 Å². The van der Waals surface area contributed by atoms with Gasteiger partial charge in [0.15, 0.2) is 0 Å². The second kappa shape index (κ2) is 8.36. The predicted octanol–water partition coefficient (Wildman–Crippen LogP) is 2.95. The van der Waals surface area contributed by atoms with E-state index in [1.807, 2.05) is 0 Å². The molecule has 4 aromatic rings. The lowest BCUT2D eigenvalue weighted by molar-refractivity contribution is 0.0695. The molecule has 0 radical (unpaired) electrons. The fourth-order valence-corrected chi connectivity index (χ4v) is 4.71. The van der Waals surface area contributed by atoms with Crippen LogP contribution in [0.4, 0.5) is 20.2 Å². The molecule has 2 aromatic carbocycles. The second-order valence-corrected chi connectivity index (χ2v) is 8.55. The first-order chi connectivity index (χ1) is 16.7. The number of aromatic carboxylic acids is 1. The Kier molecular flexibility index (Phi) is 5.45. The number of aliphatic hydroxyl groups is 1. The number of carboxylic acids is 1. The van der Waals surface area contributed by atoms with Crippen molar-refractivity contribution >= 4 is 39.8 Å². The van der Waals surface area contributed by atoms with Gasteiger partial charge in [0.1, 0.15) is 17.2 Å². The number of carbonyl (C=O) groups is 1. The van der Waals surface area contributed by atoms with Gasteiger partial charge in [0.2, 0.25) is 5.43 Å². The van der Waals surface area contributed by atoms with E-state index in [0.29, 0.717) is 13.1 Å². The van der Waals surface area contributed by atoms with E-state index in [4.69, 9.17) is 17.3 Å². The van der Waals surface area contributed by atoms with Crippen LogP contribution in [0.2, 0.25) is 5.02 Å². The Hall–Kier alpha value is -3.96. The van der Waals surface area contributed by atoms with E-state index in [2.05, 4.69) is 5.10 Å². The number of aliphatic hydroxyl groups excluding tert-OH is 1. The van der Waals surface area contributed by atoms with E-state index < -0.39 is 35.2 Å². The van der Waals surface area contributed by atoms with Crippen LogP contribution in [0.1, 0.15) is 22.0 Å². The first-order valence-corrected chi connectivity index (χ1v) is 10.8. The smallest absolute Gasteiger partial charge is 0.341 e. The van der Waals surface area contributed by atoms with Crippen LogP contribution in [0.15, 0.2) is 47.7 Å². The van der Waals surface area contributed by atoms with Crippen LogP contribution in [0.3, 0.4) is 0 Å². The Morgan fingerprint density at radius 3 is 2.60 bits per heavy atom. The van der Waals surface area contributed by atoms with E-state index in [1.165, 1.54) is 10.6 Å². The van der Waals surface area contributed by atoms with Crippen LogP contribution in [0.25, 0.3) is 16.6 Å². The molecule has 1 fully saturated rings. The Balaban J connectivity index is 1.76. The van der Waals surface area contributed by atoms with Crippen molar-refractivity contribution in [1.29, 1.82) is 0 Å². The number of benzene rings is 2. The lowest BCUT2D eigenvalue weighted by Gasteiger charge is -2.41. The molecule has 0 amide bonds. The van der Waals surface area contributed by atoms with Crippen LogP contribution < -0.4 is 16.1 Å². The number of hydrogen-bond donors (Lipinski definition) is 3. The quantitative estimate of drug-likeness (QED) is 0.359. The fraction of sp³-hybridized carbons (Fsp3) is 0.174. The molecular weight excluding hydrogens is 484 g/mol. The molecule has 0 bridgehead atoms. The molecule has 5 rings (SSSR count). The molecule has 0 unspecified atom stereocenters. The normalized spacial score (nSPS) is 13.9. The number of halogens is 3. The van der Waals surface area contributed by atoms with Gasteiger partial charge in [-0.1, -0.05) is 11.6 Å². The number of carboxylic acid groups (broad SMARTS) is 1. The lowest BCUT2D eigenvalue weighted by atomic mass is 10.0. The van der Waals surface area contributed by atoms with E-state index in [9.17, 15) is 24.2 Å². The minimum Gasteiger partial charge on any atom is -0.477 e. The Morgan fingerprint density at radius 2 is 1.97 bits per heavy atom. The number of fused-ring (bicyclic) bond motifs is 1. The maximum absolute atomic E-state index is 15.3. The van der Waals surface area contributed by atoms with Crippen molar-refractivity contribution in [2.75, 3.05) is 23.7 Å². The Bertz CT molecular complexity index is 1550. The van der Waals surface area contributed by atoms with Crippen LogP contribution in [0.5, 0.6) is 0 Å². The average Bonchev–Trinajstić information content (AvgIpc) is 3.31. The van der Waals surface area contributed by atoms with Crippen LogP contribution in [-0.4, -0.2) is 43.6 Å². The maximum atomic E-state index is 15.3. The van der Waals surface area contributed by atoms with E-state index in [-0.39, 0.29) is 44.6 Å². The van der Waals surface area contributed by atoms with Gasteiger partial charge >= 0.3 is 5.97 Å². The fourth-order valence-electron chi connectivity index (χ4n) is 4.31. The first-order valence-electron chi connectivity index (χ1n) is 10.4. The first kappa shape index (κ1) is 22.8. The van der Waals surface area contributed by atoms with Crippen LogP contribution in [-0.2, 0) is 6.61 Å². The molecule has 2 aromatic heterocycles. The summed E-state index contributed by atoms with van der Waals surface area (Å²) in [6, 6.07) is 4.89. The molecular formula is C23H18ClF2N5O4. The van der Waals surface area contributed by atoms with E-state index in [1.54, 1.807) is 28.0 Å². The summed E-state index contributed by atoms with van der Waals surface area (Å²) in [6.45, 7) is 0.172. The molecule has 35 heavy (non-hydrogen) atoms. The molecule has 1 saturated heterocycles. The van der Waals surface area contributed by atoms with E-state index in [0.717, 1.165) is 18.3 Å². The van der Waals surface area contributed by atoms with E-state index >= 15 is 4.39 Å². The van der Waals surface area contributed by atoms with Crippen molar-refractivity contribution in [3.8, 4) is 5.69 Å². The van der Waals surface area contributed by atoms with Crippen LogP contribution in [0, 0.1) is 11.6 Å². The van der Waals surface area contributed by atoms with Gasteiger partial charge in [-0.3, -0.25) is 9.48 Å². The molecule has 1 aliphatic rings. The highest BCUT2D eigenvalue weighted by molar-refractivity contribution is 6.38. The zero-order valence-electron chi connectivity index (χ0n) is 18.0. The van der Waals surface area contributed by atoms with Gasteiger partial charge in [-0.05, 0) is 24.3 Å². The number of nitrogen functional groups attached to an aromatic ring is 1. The molecule has 180 valence electrons. The van der Waals surface area contributed by atoms with Crippen molar-refractivity contribution in [2.45, 2.75) is 12.6 Å². The number of aromatic nitrogens is 3. The second-order valence-electron chi connectivity index (χ2n) is 8.17. The average molecular weight is 502 g/mol. The third-order valence-corrected chi connectivity index (χ3v) is 6.45. The molecule has 0 atom stereocenters. The standard InChI is InChI=1S/C23H18ClF2N5O4/c24-19-20-13(5-16(26)21(19)29-7-12(8-29)31-3-1-2-28-31)22(33)14(23(34)35)9-30(20)18-6-17(27)15(25)4-11(18)10-32/h1-6,9,12,32H,7-8,10,27H2,(H,34,35). The number of hydrogen-bond acceptors (Lipinski definition) is 6. The highest BCUT2D eigenvalue weighted by Crippen LogP contribution is 2.40. The summed E-state index contributed by atoms with van der Waals surface area (Å²) in [5, 5.41) is 23.2. The summed E-state index contributed by atoms with van der Waals surface area (Å²) in [6.07, 6.45) is 4.44. The summed E-state index contributed by atoms with van der Waals surface area (Å²) in [7, 11) is 0. The summed E-state index contributed by atoms with van der Waals surface area (Å²) in [5.41, 5.74) is 4.04. The number of pyridine rings is 1. The molecule has 0 aliphatic carbocycles. The van der Waals surface area contributed by atoms with Crippen molar-refractivity contribution < 1.29 is 23.8 Å². The molecule has 9 nitrogen and oxygen atoms in total. The number of rotatable bonds is 5. The van der Waals surface area contributed by atoms with Crippen molar-refractivity contribution in [3.05, 3.63) is 80.9 Å². The minimum absolute atomic E-state index is 0.00122. The monoisotopic (exact) mass is 501 g/mol. The van der Waals surface area contributed by atoms with Gasteiger partial charge in [0.05, 0.1) is 45.6 Å². The molecule has 12 heteroatoms. The van der Waals surface area contributed by atoms with Gasteiger partial charge in [-0.25, -0.2) is 13.6 Å². The molecule has 1 aliphatic heterocycles.